The van der Waals surface area contributed by atoms with Gasteiger partial charge in [-0.1, -0.05) is 35.5 Å². The number of hydrogen-bond acceptors (Lipinski definition) is 5. The minimum Gasteiger partial charge on any atom is -0.346 e. The molecular formula is C21H21ClN4O3S2. The first-order valence-corrected chi connectivity index (χ1v) is 12.4. The largest absolute Gasteiger partial charge is 0.346 e. The van der Waals surface area contributed by atoms with E-state index in [1.807, 2.05) is 24.3 Å². The van der Waals surface area contributed by atoms with Gasteiger partial charge in [0.05, 0.1) is 22.8 Å². The van der Waals surface area contributed by atoms with Gasteiger partial charge >= 0.3 is 0 Å². The summed E-state index contributed by atoms with van der Waals surface area (Å²) in [5, 5.41) is 4.53. The van der Waals surface area contributed by atoms with E-state index >= 15 is 0 Å². The zero-order valence-electron chi connectivity index (χ0n) is 17.0. The average molecular weight is 477 g/mol. The molecule has 10 heteroatoms. The topological polar surface area (TPSA) is 84.3 Å². The van der Waals surface area contributed by atoms with Crippen molar-refractivity contribution in [2.45, 2.75) is 23.1 Å². The Morgan fingerprint density at radius 2 is 1.84 bits per heavy atom. The number of thioether (sulfide) groups is 1. The number of hydrogen-bond donors (Lipinski definition) is 1. The first-order chi connectivity index (χ1) is 14.8. The van der Waals surface area contributed by atoms with Crippen LogP contribution in [-0.4, -0.2) is 48.0 Å². The van der Waals surface area contributed by atoms with Gasteiger partial charge in [-0.15, -0.1) is 0 Å². The highest BCUT2D eigenvalue weighted by Gasteiger charge is 2.23. The van der Waals surface area contributed by atoms with Crippen molar-refractivity contribution >= 4 is 39.3 Å². The second-order valence-corrected chi connectivity index (χ2v) is 10.8. The van der Waals surface area contributed by atoms with Crippen molar-refractivity contribution in [3.8, 4) is 11.3 Å². The third-order valence-corrected chi connectivity index (χ3v) is 8.05. The number of benzene rings is 2. The number of sulfonamides is 1. The number of halogens is 1. The van der Waals surface area contributed by atoms with Crippen molar-refractivity contribution in [1.29, 1.82) is 0 Å². The van der Waals surface area contributed by atoms with E-state index in [-0.39, 0.29) is 10.8 Å². The van der Waals surface area contributed by atoms with E-state index < -0.39 is 10.0 Å². The maximum Gasteiger partial charge on any atom is 0.251 e. The number of imidazole rings is 1. The molecule has 1 N–H and O–H groups in total. The van der Waals surface area contributed by atoms with Gasteiger partial charge in [0.25, 0.3) is 5.91 Å². The molecule has 1 amide bonds. The van der Waals surface area contributed by atoms with Gasteiger partial charge in [0.1, 0.15) is 0 Å². The molecule has 2 heterocycles. The lowest BCUT2D eigenvalue weighted by atomic mass is 10.1. The molecule has 1 aromatic heterocycles. The van der Waals surface area contributed by atoms with E-state index in [0.29, 0.717) is 17.1 Å². The van der Waals surface area contributed by atoms with E-state index in [1.54, 1.807) is 11.8 Å². The minimum absolute atomic E-state index is 0.143. The molecule has 0 saturated carbocycles. The molecule has 2 aromatic carbocycles. The Morgan fingerprint density at radius 3 is 2.48 bits per heavy atom. The van der Waals surface area contributed by atoms with Crippen LogP contribution in [0.2, 0.25) is 5.02 Å². The highest BCUT2D eigenvalue weighted by Crippen LogP contribution is 2.33. The summed E-state index contributed by atoms with van der Waals surface area (Å²) in [7, 11) is -0.597. The highest BCUT2D eigenvalue weighted by molar-refractivity contribution is 7.99. The summed E-state index contributed by atoms with van der Waals surface area (Å²) < 4.78 is 27.7. The predicted molar refractivity (Wildman–Crippen MR) is 122 cm³/mol. The molecule has 3 aromatic rings. The second kappa shape index (κ2) is 8.66. The van der Waals surface area contributed by atoms with E-state index in [4.69, 9.17) is 16.6 Å². The lowest BCUT2D eigenvalue weighted by Gasteiger charge is -2.12. The van der Waals surface area contributed by atoms with Crippen LogP contribution in [0.3, 0.4) is 0 Å². The van der Waals surface area contributed by atoms with Crippen molar-refractivity contribution in [2.24, 2.45) is 0 Å². The average Bonchev–Trinajstić information content (AvgIpc) is 3.34. The van der Waals surface area contributed by atoms with Gasteiger partial charge in [-0.05, 0) is 36.4 Å². The molecule has 0 radical (unpaired) electrons. The molecule has 0 spiro atoms. The number of carbonyl (C=O) groups excluding carboxylic acids is 1. The number of rotatable bonds is 6. The molecule has 0 atom stereocenters. The maximum absolute atomic E-state index is 12.7. The van der Waals surface area contributed by atoms with Crippen molar-refractivity contribution in [3.63, 3.8) is 0 Å². The number of carbonyl (C=O) groups is 1. The van der Waals surface area contributed by atoms with Crippen molar-refractivity contribution in [2.75, 3.05) is 19.8 Å². The van der Waals surface area contributed by atoms with Gasteiger partial charge in [0, 0.05) is 42.5 Å². The summed E-state index contributed by atoms with van der Waals surface area (Å²) in [5.74, 6) is 0.670. The lowest BCUT2D eigenvalue weighted by molar-refractivity contribution is 0.0950. The fourth-order valence-corrected chi connectivity index (χ4v) is 5.30. The van der Waals surface area contributed by atoms with Crippen LogP contribution in [-0.2, 0) is 23.1 Å². The number of fused-ring (bicyclic) bond motifs is 1. The molecule has 0 aliphatic carbocycles. The SMILES string of the molecule is CN(C)S(=O)(=O)c1ccc(C(=O)NCc2c(-c3ccc(Cl)cc3)nc3n2CCS3)cc1. The minimum atomic E-state index is -3.53. The van der Waals surface area contributed by atoms with E-state index in [1.165, 1.54) is 38.4 Å². The summed E-state index contributed by atoms with van der Waals surface area (Å²) in [6.07, 6.45) is 0. The first kappa shape index (κ1) is 21.9. The number of nitrogens with zero attached hydrogens (tertiary/aromatic N) is 3. The normalized spacial score (nSPS) is 13.4. The van der Waals surface area contributed by atoms with Crippen LogP contribution in [0.4, 0.5) is 0 Å². The van der Waals surface area contributed by atoms with Crippen molar-refractivity contribution in [1.82, 2.24) is 19.2 Å². The summed E-state index contributed by atoms with van der Waals surface area (Å²) in [6, 6.07) is 13.4. The van der Waals surface area contributed by atoms with E-state index in [0.717, 1.165) is 38.7 Å². The Hall–Kier alpha value is -2.33. The molecule has 162 valence electrons. The van der Waals surface area contributed by atoms with E-state index in [2.05, 4.69) is 9.88 Å². The van der Waals surface area contributed by atoms with Crippen LogP contribution >= 0.6 is 23.4 Å². The molecule has 0 unspecified atom stereocenters. The van der Waals surface area contributed by atoms with Crippen LogP contribution in [0, 0.1) is 0 Å². The van der Waals surface area contributed by atoms with Gasteiger partial charge < -0.3 is 9.88 Å². The highest BCUT2D eigenvalue weighted by atomic mass is 35.5. The molecule has 0 bridgehead atoms. The number of aromatic nitrogens is 2. The molecule has 1 aliphatic heterocycles. The Balaban J connectivity index is 1.54. The van der Waals surface area contributed by atoms with Crippen LogP contribution < -0.4 is 5.32 Å². The van der Waals surface area contributed by atoms with E-state index in [9.17, 15) is 13.2 Å². The van der Waals surface area contributed by atoms with Crippen LogP contribution in [0.25, 0.3) is 11.3 Å². The maximum atomic E-state index is 12.7. The Kier molecular flexibility index (Phi) is 6.11. The standard InChI is InChI=1S/C21H21ClN4O3S2/c1-25(2)31(28,29)17-9-5-15(6-10-17)20(27)23-13-18-19(14-3-7-16(22)8-4-14)24-21-26(18)11-12-30-21/h3-10H,11-13H2,1-2H3,(H,23,27). The van der Waals surface area contributed by atoms with Gasteiger partial charge in [0.2, 0.25) is 10.0 Å². The van der Waals surface area contributed by atoms with Gasteiger partial charge in [-0.3, -0.25) is 4.79 Å². The van der Waals surface area contributed by atoms with Crippen molar-refractivity contribution in [3.05, 3.63) is 64.8 Å². The quantitative estimate of drug-likeness (QED) is 0.588. The predicted octanol–water partition coefficient (Wildman–Crippen LogP) is 3.49. The number of amides is 1. The molecule has 0 saturated heterocycles. The number of nitrogens with one attached hydrogen (secondary N) is 1. The molecule has 7 nitrogen and oxygen atoms in total. The summed E-state index contributed by atoms with van der Waals surface area (Å²) in [4.78, 5) is 17.6. The van der Waals surface area contributed by atoms with Crippen LogP contribution in [0.1, 0.15) is 16.1 Å². The summed E-state index contributed by atoms with van der Waals surface area (Å²) in [6.45, 7) is 1.14. The van der Waals surface area contributed by atoms with Gasteiger partial charge in [-0.2, -0.15) is 0 Å². The summed E-state index contributed by atoms with van der Waals surface area (Å²) >= 11 is 7.70. The third-order valence-electron chi connectivity index (χ3n) is 5.01. The first-order valence-electron chi connectivity index (χ1n) is 9.56. The molecule has 0 fully saturated rings. The lowest BCUT2D eigenvalue weighted by Crippen LogP contribution is -2.25. The molecular weight excluding hydrogens is 456 g/mol. The van der Waals surface area contributed by atoms with Crippen molar-refractivity contribution < 1.29 is 13.2 Å². The summed E-state index contributed by atoms with van der Waals surface area (Å²) in [5.41, 5.74) is 3.09. The molecule has 31 heavy (non-hydrogen) atoms. The Bertz CT molecular complexity index is 1220. The van der Waals surface area contributed by atoms with Gasteiger partial charge in [0.15, 0.2) is 5.16 Å². The fourth-order valence-electron chi connectivity index (χ4n) is 3.31. The third kappa shape index (κ3) is 4.36. The Morgan fingerprint density at radius 1 is 1.16 bits per heavy atom. The van der Waals surface area contributed by atoms with Crippen LogP contribution in [0.15, 0.2) is 58.6 Å². The molecule has 1 aliphatic rings. The smallest absolute Gasteiger partial charge is 0.251 e. The zero-order chi connectivity index (χ0) is 22.2. The molecule has 4 rings (SSSR count). The Labute approximate surface area is 190 Å². The van der Waals surface area contributed by atoms with Gasteiger partial charge in [-0.25, -0.2) is 17.7 Å². The fraction of sp³-hybridized carbons (Fsp3) is 0.238. The zero-order valence-corrected chi connectivity index (χ0v) is 19.4. The monoisotopic (exact) mass is 476 g/mol. The van der Waals surface area contributed by atoms with Crippen LogP contribution in [0.5, 0.6) is 0 Å². The second-order valence-electron chi connectivity index (χ2n) is 7.19.